The van der Waals surface area contributed by atoms with Crippen molar-refractivity contribution in [3.63, 3.8) is 0 Å². The van der Waals surface area contributed by atoms with Crippen LogP contribution in [0.5, 0.6) is 5.75 Å². The van der Waals surface area contributed by atoms with E-state index < -0.39 is 41.4 Å². The number of hydrogen-bond donors (Lipinski definition) is 3. The van der Waals surface area contributed by atoms with Crippen LogP contribution in [-0.4, -0.2) is 64.7 Å². The van der Waals surface area contributed by atoms with E-state index in [9.17, 15) is 24.0 Å². The number of benzene rings is 1. The number of carbonyl (C=O) groups is 5. The number of nitrogens with two attached hydrogens (primary N) is 1. The Morgan fingerprint density at radius 1 is 1.29 bits per heavy atom. The molecule has 6 amide bonds. The third-order valence-corrected chi connectivity index (χ3v) is 6.44. The van der Waals surface area contributed by atoms with E-state index >= 15 is 0 Å². The predicted molar refractivity (Wildman–Crippen MR) is 127 cm³/mol. The summed E-state index contributed by atoms with van der Waals surface area (Å²) in [7, 11) is 1.46. The molecular weight excluding hydrogens is 454 g/mol. The van der Waals surface area contributed by atoms with Gasteiger partial charge in [-0.15, -0.1) is 0 Å². The predicted octanol–water partition coefficient (Wildman–Crippen LogP) is 1.36. The van der Waals surface area contributed by atoms with Crippen LogP contribution in [0.1, 0.15) is 52.0 Å². The summed E-state index contributed by atoms with van der Waals surface area (Å²) in [6.07, 6.45) is 2.74. The van der Waals surface area contributed by atoms with E-state index in [0.717, 1.165) is 17.7 Å². The number of urea groups is 1. The van der Waals surface area contributed by atoms with Gasteiger partial charge in [0.25, 0.3) is 5.91 Å². The largest absolute Gasteiger partial charge is 0.495 e. The van der Waals surface area contributed by atoms with Gasteiger partial charge in [-0.1, -0.05) is 18.9 Å². The zero-order chi connectivity index (χ0) is 25.9. The average Bonchev–Trinajstić information content (AvgIpc) is 3.58. The molecule has 4 N–H and O–H groups in total. The van der Waals surface area contributed by atoms with Gasteiger partial charge in [0.2, 0.25) is 18.2 Å². The average molecular weight is 488 g/mol. The molecule has 2 fully saturated rings. The first kappa shape index (κ1) is 26.0. The maximum Gasteiger partial charge on any atom is 0.328 e. The Hall–Kier alpha value is -3.63. The number of rotatable bonds is 12. The Bertz CT molecular complexity index is 1020. The van der Waals surface area contributed by atoms with Gasteiger partial charge in [0.15, 0.2) is 0 Å². The first-order chi connectivity index (χ1) is 16.5. The zero-order valence-corrected chi connectivity index (χ0v) is 20.5. The number of primary amides is 1. The van der Waals surface area contributed by atoms with Crippen LogP contribution >= 0.6 is 0 Å². The van der Waals surface area contributed by atoms with Crippen LogP contribution in [0.4, 0.5) is 10.5 Å². The van der Waals surface area contributed by atoms with E-state index in [-0.39, 0.29) is 18.9 Å². The monoisotopic (exact) mass is 487 g/mol. The van der Waals surface area contributed by atoms with Gasteiger partial charge < -0.3 is 26.0 Å². The Morgan fingerprint density at radius 2 is 1.97 bits per heavy atom. The van der Waals surface area contributed by atoms with Crippen molar-refractivity contribution >= 4 is 35.9 Å². The molecule has 1 saturated heterocycles. The maximum atomic E-state index is 13.6. The molecule has 190 valence electrons. The number of imide groups is 1. The molecule has 1 aliphatic carbocycles. The van der Waals surface area contributed by atoms with E-state index in [1.54, 1.807) is 39.0 Å². The molecule has 35 heavy (non-hydrogen) atoms. The summed E-state index contributed by atoms with van der Waals surface area (Å²) in [5.41, 5.74) is 5.20. The number of ether oxygens (including phenoxy) is 1. The van der Waals surface area contributed by atoms with E-state index in [0.29, 0.717) is 29.8 Å². The second-order valence-electron chi connectivity index (χ2n) is 9.67. The molecule has 1 aromatic rings. The van der Waals surface area contributed by atoms with Gasteiger partial charge in [0.05, 0.1) is 12.8 Å². The Balaban J connectivity index is 1.85. The number of anilines is 1. The van der Waals surface area contributed by atoms with E-state index in [4.69, 9.17) is 10.5 Å². The smallest absolute Gasteiger partial charge is 0.328 e. The Kier molecular flexibility index (Phi) is 7.67. The first-order valence-corrected chi connectivity index (χ1v) is 11.6. The lowest BCUT2D eigenvalue weighted by atomic mass is 10.0. The van der Waals surface area contributed by atoms with Crippen LogP contribution in [0.3, 0.4) is 0 Å². The molecule has 11 heteroatoms. The fourth-order valence-electron chi connectivity index (χ4n) is 4.30. The van der Waals surface area contributed by atoms with Gasteiger partial charge in [-0.05, 0) is 50.8 Å². The van der Waals surface area contributed by atoms with Gasteiger partial charge in [-0.3, -0.25) is 19.2 Å². The number of carbonyl (C=O) groups excluding carboxylic acids is 5. The summed E-state index contributed by atoms with van der Waals surface area (Å²) in [4.78, 5) is 64.7. The quantitative estimate of drug-likeness (QED) is 0.299. The topological polar surface area (TPSA) is 151 Å². The molecule has 3 rings (SSSR count). The van der Waals surface area contributed by atoms with Crippen molar-refractivity contribution in [1.29, 1.82) is 0 Å². The highest BCUT2D eigenvalue weighted by Crippen LogP contribution is 2.38. The summed E-state index contributed by atoms with van der Waals surface area (Å²) < 4.78 is 5.32. The van der Waals surface area contributed by atoms with Crippen LogP contribution < -0.4 is 21.1 Å². The number of methoxy groups -OCH3 is 1. The molecule has 0 aromatic heterocycles. The molecular formula is C24H33N5O6. The van der Waals surface area contributed by atoms with E-state index in [1.807, 2.05) is 0 Å². The van der Waals surface area contributed by atoms with Crippen molar-refractivity contribution in [2.24, 2.45) is 11.7 Å². The van der Waals surface area contributed by atoms with Gasteiger partial charge in [-0.2, -0.15) is 0 Å². The molecule has 1 aliphatic heterocycles. The number of nitrogens with one attached hydrogen (secondary N) is 2. The summed E-state index contributed by atoms with van der Waals surface area (Å²) >= 11 is 0. The first-order valence-electron chi connectivity index (χ1n) is 11.6. The molecule has 11 nitrogen and oxygen atoms in total. The Labute approximate surface area is 204 Å². The van der Waals surface area contributed by atoms with Crippen LogP contribution in [0, 0.1) is 5.92 Å². The fraction of sp³-hybridized carbons (Fsp3) is 0.542. The summed E-state index contributed by atoms with van der Waals surface area (Å²) in [5, 5.41) is 5.28. The van der Waals surface area contributed by atoms with Crippen molar-refractivity contribution in [3.05, 3.63) is 23.8 Å². The molecule has 2 atom stereocenters. The van der Waals surface area contributed by atoms with Gasteiger partial charge in [-0.25, -0.2) is 9.69 Å². The minimum Gasteiger partial charge on any atom is -0.495 e. The number of nitrogens with zero attached hydrogens (tertiary/aromatic N) is 2. The number of amides is 6. The SMILES string of the molecule is COc1cc(CN2C(=O)N(C(CC3CC3)C(=O)NC(C)CC(N)=O)C(=O)C2(C)C)ccc1NC=O. The third kappa shape index (κ3) is 5.72. The molecule has 0 radical (unpaired) electrons. The maximum absolute atomic E-state index is 13.6. The summed E-state index contributed by atoms with van der Waals surface area (Å²) in [6, 6.07) is 3.00. The highest BCUT2D eigenvalue weighted by atomic mass is 16.5. The lowest BCUT2D eigenvalue weighted by molar-refractivity contribution is -0.139. The van der Waals surface area contributed by atoms with Crippen LogP contribution in [-0.2, 0) is 25.7 Å². The molecule has 1 aromatic carbocycles. The summed E-state index contributed by atoms with van der Waals surface area (Å²) in [6.45, 7) is 5.04. The lowest BCUT2D eigenvalue weighted by Crippen LogP contribution is -2.53. The van der Waals surface area contributed by atoms with Gasteiger partial charge >= 0.3 is 6.03 Å². The van der Waals surface area contributed by atoms with Crippen molar-refractivity contribution in [3.8, 4) is 5.75 Å². The van der Waals surface area contributed by atoms with Gasteiger partial charge in [0.1, 0.15) is 17.3 Å². The second-order valence-corrected chi connectivity index (χ2v) is 9.67. The molecule has 2 aliphatic rings. The van der Waals surface area contributed by atoms with Crippen molar-refractivity contribution in [2.45, 2.75) is 70.6 Å². The zero-order valence-electron chi connectivity index (χ0n) is 20.5. The summed E-state index contributed by atoms with van der Waals surface area (Å²) in [5.74, 6) is -0.816. The number of hydrogen-bond acceptors (Lipinski definition) is 6. The standard InChI is InChI=1S/C24H33N5O6/c1-14(9-20(25)31)27-21(32)18(10-15-5-6-15)29-22(33)24(2,3)28(23(29)34)12-16-7-8-17(26-13-30)19(11-16)35-4/h7-8,11,13-15,18H,5-6,9-10,12H2,1-4H3,(H2,25,31)(H,26,30)(H,27,32). The van der Waals surface area contributed by atoms with Crippen LogP contribution in [0.15, 0.2) is 18.2 Å². The Morgan fingerprint density at radius 3 is 2.54 bits per heavy atom. The third-order valence-electron chi connectivity index (χ3n) is 6.44. The van der Waals surface area contributed by atoms with Crippen molar-refractivity contribution in [1.82, 2.24) is 15.1 Å². The lowest BCUT2D eigenvalue weighted by Gasteiger charge is -2.28. The molecule has 0 spiro atoms. The van der Waals surface area contributed by atoms with Gasteiger partial charge in [0, 0.05) is 19.0 Å². The molecule has 0 bridgehead atoms. The normalized spacial score (nSPS) is 18.7. The van der Waals surface area contributed by atoms with Crippen molar-refractivity contribution in [2.75, 3.05) is 12.4 Å². The fourth-order valence-corrected chi connectivity index (χ4v) is 4.30. The van der Waals surface area contributed by atoms with Crippen molar-refractivity contribution < 1.29 is 28.7 Å². The minimum absolute atomic E-state index is 0.0435. The highest BCUT2D eigenvalue weighted by Gasteiger charge is 2.55. The molecule has 1 heterocycles. The second kappa shape index (κ2) is 10.3. The minimum atomic E-state index is -1.19. The highest BCUT2D eigenvalue weighted by molar-refractivity contribution is 6.09. The van der Waals surface area contributed by atoms with E-state index in [2.05, 4.69) is 10.6 Å². The molecule has 1 saturated carbocycles. The molecule has 2 unspecified atom stereocenters. The van der Waals surface area contributed by atoms with Crippen LogP contribution in [0.25, 0.3) is 0 Å². The van der Waals surface area contributed by atoms with E-state index in [1.165, 1.54) is 12.0 Å². The van der Waals surface area contributed by atoms with Crippen LogP contribution in [0.2, 0.25) is 0 Å².